The van der Waals surface area contributed by atoms with Crippen molar-refractivity contribution in [3.63, 3.8) is 0 Å². The number of rotatable bonds is 5. The predicted molar refractivity (Wildman–Crippen MR) is 64.0 cm³/mol. The highest BCUT2D eigenvalue weighted by atomic mass is 16.3. The van der Waals surface area contributed by atoms with Crippen LogP contribution in [0.25, 0.3) is 0 Å². The summed E-state index contributed by atoms with van der Waals surface area (Å²) in [7, 11) is 0. The Morgan fingerprint density at radius 3 is 2.53 bits per heavy atom. The maximum atomic E-state index is 9.44. The molecule has 0 aromatic carbocycles. The summed E-state index contributed by atoms with van der Waals surface area (Å²) in [6.07, 6.45) is 3.71. The number of nitrogens with one attached hydrogen (secondary N) is 1. The number of piperidine rings is 1. The SMILES string of the molecule is CC(O)CN(CC1CCCCN1)C(C)C. The fourth-order valence-electron chi connectivity index (χ4n) is 2.20. The first-order chi connectivity index (χ1) is 7.09. The van der Waals surface area contributed by atoms with Crippen molar-refractivity contribution in [1.82, 2.24) is 10.2 Å². The second-order valence-corrected chi connectivity index (χ2v) is 5.04. The standard InChI is InChI=1S/C12H26N2O/c1-10(2)14(8-11(3)15)9-12-6-4-5-7-13-12/h10-13,15H,4-9H2,1-3H3. The van der Waals surface area contributed by atoms with Crippen molar-refractivity contribution in [3.05, 3.63) is 0 Å². The molecule has 0 aromatic heterocycles. The third kappa shape index (κ3) is 4.96. The van der Waals surface area contributed by atoms with E-state index in [0.29, 0.717) is 12.1 Å². The highest BCUT2D eigenvalue weighted by Gasteiger charge is 2.19. The molecule has 0 amide bonds. The van der Waals surface area contributed by atoms with Crippen molar-refractivity contribution >= 4 is 0 Å². The summed E-state index contributed by atoms with van der Waals surface area (Å²) in [6.45, 7) is 9.28. The summed E-state index contributed by atoms with van der Waals surface area (Å²) < 4.78 is 0. The Bertz CT molecular complexity index is 165. The van der Waals surface area contributed by atoms with Crippen LogP contribution in [0.1, 0.15) is 40.0 Å². The van der Waals surface area contributed by atoms with Gasteiger partial charge in [0.05, 0.1) is 6.10 Å². The van der Waals surface area contributed by atoms with E-state index in [4.69, 9.17) is 0 Å². The van der Waals surface area contributed by atoms with Crippen molar-refractivity contribution in [1.29, 1.82) is 0 Å². The quantitative estimate of drug-likeness (QED) is 0.722. The monoisotopic (exact) mass is 214 g/mol. The van der Waals surface area contributed by atoms with E-state index in [-0.39, 0.29) is 6.10 Å². The molecule has 2 N–H and O–H groups in total. The minimum atomic E-state index is -0.226. The highest BCUT2D eigenvalue weighted by molar-refractivity contribution is 4.78. The fourth-order valence-corrected chi connectivity index (χ4v) is 2.20. The number of nitrogens with zero attached hydrogens (tertiary/aromatic N) is 1. The van der Waals surface area contributed by atoms with Crippen LogP contribution in [0.4, 0.5) is 0 Å². The van der Waals surface area contributed by atoms with Crippen molar-refractivity contribution in [2.24, 2.45) is 0 Å². The summed E-state index contributed by atoms with van der Waals surface area (Å²) in [5.41, 5.74) is 0. The molecule has 0 saturated carbocycles. The van der Waals surface area contributed by atoms with E-state index in [1.54, 1.807) is 0 Å². The third-order valence-electron chi connectivity index (χ3n) is 3.10. The molecule has 1 aliphatic rings. The highest BCUT2D eigenvalue weighted by Crippen LogP contribution is 2.10. The van der Waals surface area contributed by atoms with Gasteiger partial charge in [-0.3, -0.25) is 4.90 Å². The van der Waals surface area contributed by atoms with Gasteiger partial charge >= 0.3 is 0 Å². The first-order valence-electron chi connectivity index (χ1n) is 6.25. The maximum absolute atomic E-state index is 9.44. The second kappa shape index (κ2) is 6.46. The van der Waals surface area contributed by atoms with Crippen LogP contribution in [-0.4, -0.2) is 47.8 Å². The lowest BCUT2D eigenvalue weighted by Crippen LogP contribution is -2.47. The molecule has 0 aliphatic carbocycles. The summed E-state index contributed by atoms with van der Waals surface area (Å²) in [5.74, 6) is 0. The van der Waals surface area contributed by atoms with E-state index in [1.807, 2.05) is 6.92 Å². The van der Waals surface area contributed by atoms with Gasteiger partial charge in [0.2, 0.25) is 0 Å². The molecule has 3 heteroatoms. The van der Waals surface area contributed by atoms with E-state index < -0.39 is 0 Å². The molecular weight excluding hydrogens is 188 g/mol. The van der Waals surface area contributed by atoms with Gasteiger partial charge in [0.1, 0.15) is 0 Å². The molecule has 1 rings (SSSR count). The number of aliphatic hydroxyl groups excluding tert-OH is 1. The van der Waals surface area contributed by atoms with Crippen LogP contribution >= 0.6 is 0 Å². The van der Waals surface area contributed by atoms with Gasteiger partial charge in [-0.05, 0) is 40.2 Å². The van der Waals surface area contributed by atoms with Crippen molar-refractivity contribution in [2.45, 2.75) is 58.2 Å². The van der Waals surface area contributed by atoms with E-state index in [1.165, 1.54) is 19.3 Å². The topological polar surface area (TPSA) is 35.5 Å². The minimum absolute atomic E-state index is 0.226. The van der Waals surface area contributed by atoms with Crippen LogP contribution in [0.2, 0.25) is 0 Å². The van der Waals surface area contributed by atoms with E-state index in [2.05, 4.69) is 24.1 Å². The largest absolute Gasteiger partial charge is 0.392 e. The fraction of sp³-hybridized carbons (Fsp3) is 1.00. The average molecular weight is 214 g/mol. The molecule has 0 radical (unpaired) electrons. The molecular formula is C12H26N2O. The van der Waals surface area contributed by atoms with Crippen LogP contribution in [0.3, 0.4) is 0 Å². The van der Waals surface area contributed by atoms with Crippen LogP contribution in [0.5, 0.6) is 0 Å². The summed E-state index contributed by atoms with van der Waals surface area (Å²) in [5, 5.41) is 13.0. The van der Waals surface area contributed by atoms with Crippen molar-refractivity contribution in [3.8, 4) is 0 Å². The normalized spacial score (nSPS) is 24.8. The Morgan fingerprint density at radius 2 is 2.07 bits per heavy atom. The number of hydrogen-bond donors (Lipinski definition) is 2. The average Bonchev–Trinajstić information content (AvgIpc) is 2.17. The van der Waals surface area contributed by atoms with E-state index in [0.717, 1.165) is 19.6 Å². The smallest absolute Gasteiger partial charge is 0.0639 e. The number of aliphatic hydroxyl groups is 1. The van der Waals surface area contributed by atoms with Crippen LogP contribution in [0, 0.1) is 0 Å². The molecule has 2 unspecified atom stereocenters. The zero-order valence-corrected chi connectivity index (χ0v) is 10.4. The molecule has 1 fully saturated rings. The van der Waals surface area contributed by atoms with Gasteiger partial charge < -0.3 is 10.4 Å². The van der Waals surface area contributed by atoms with Gasteiger partial charge in [0, 0.05) is 25.2 Å². The Morgan fingerprint density at radius 1 is 1.33 bits per heavy atom. The lowest BCUT2D eigenvalue weighted by molar-refractivity contribution is 0.0966. The molecule has 1 aliphatic heterocycles. The Hall–Kier alpha value is -0.120. The molecule has 1 saturated heterocycles. The number of hydrogen-bond acceptors (Lipinski definition) is 3. The van der Waals surface area contributed by atoms with Gasteiger partial charge in [-0.25, -0.2) is 0 Å². The molecule has 1 heterocycles. The third-order valence-corrected chi connectivity index (χ3v) is 3.10. The molecule has 3 nitrogen and oxygen atoms in total. The summed E-state index contributed by atoms with van der Waals surface area (Å²) in [6, 6.07) is 1.14. The summed E-state index contributed by atoms with van der Waals surface area (Å²) >= 11 is 0. The lowest BCUT2D eigenvalue weighted by Gasteiger charge is -2.33. The molecule has 0 aromatic rings. The first-order valence-corrected chi connectivity index (χ1v) is 6.25. The van der Waals surface area contributed by atoms with Crippen LogP contribution in [0.15, 0.2) is 0 Å². The van der Waals surface area contributed by atoms with E-state index in [9.17, 15) is 5.11 Å². The Balaban J connectivity index is 2.35. The molecule has 0 bridgehead atoms. The molecule has 0 spiro atoms. The second-order valence-electron chi connectivity index (χ2n) is 5.04. The molecule has 90 valence electrons. The van der Waals surface area contributed by atoms with Gasteiger partial charge in [0.25, 0.3) is 0 Å². The Labute approximate surface area is 93.9 Å². The lowest BCUT2D eigenvalue weighted by atomic mass is 10.0. The Kier molecular flexibility index (Phi) is 5.58. The molecule has 2 atom stereocenters. The zero-order valence-electron chi connectivity index (χ0n) is 10.4. The maximum Gasteiger partial charge on any atom is 0.0639 e. The van der Waals surface area contributed by atoms with Crippen LogP contribution < -0.4 is 5.32 Å². The predicted octanol–water partition coefficient (Wildman–Crippen LogP) is 1.22. The summed E-state index contributed by atoms with van der Waals surface area (Å²) in [4.78, 5) is 2.37. The van der Waals surface area contributed by atoms with Gasteiger partial charge in [0.15, 0.2) is 0 Å². The van der Waals surface area contributed by atoms with Crippen LogP contribution in [-0.2, 0) is 0 Å². The minimum Gasteiger partial charge on any atom is -0.392 e. The van der Waals surface area contributed by atoms with Crippen molar-refractivity contribution in [2.75, 3.05) is 19.6 Å². The van der Waals surface area contributed by atoms with E-state index >= 15 is 0 Å². The molecule has 15 heavy (non-hydrogen) atoms. The van der Waals surface area contributed by atoms with Gasteiger partial charge in [-0.2, -0.15) is 0 Å². The first kappa shape index (κ1) is 12.9. The van der Waals surface area contributed by atoms with Crippen molar-refractivity contribution < 1.29 is 5.11 Å². The van der Waals surface area contributed by atoms with Gasteiger partial charge in [-0.15, -0.1) is 0 Å². The van der Waals surface area contributed by atoms with Gasteiger partial charge in [-0.1, -0.05) is 6.42 Å². The zero-order chi connectivity index (χ0) is 11.3.